The average Bonchev–Trinajstić information content (AvgIpc) is 3.24. The number of aromatic nitrogens is 3. The zero-order valence-corrected chi connectivity index (χ0v) is 15.4. The van der Waals surface area contributed by atoms with E-state index in [4.69, 9.17) is 4.42 Å². The van der Waals surface area contributed by atoms with E-state index in [1.165, 1.54) is 6.26 Å². The Balaban J connectivity index is 1.58. The molecule has 1 aliphatic heterocycles. The van der Waals surface area contributed by atoms with Crippen LogP contribution in [0.25, 0.3) is 0 Å². The van der Waals surface area contributed by atoms with Gasteiger partial charge in [0.15, 0.2) is 5.69 Å². The summed E-state index contributed by atoms with van der Waals surface area (Å²) in [5.74, 6) is 1.33. The molecule has 1 atom stereocenters. The van der Waals surface area contributed by atoms with Crippen LogP contribution < -0.4 is 0 Å². The van der Waals surface area contributed by atoms with Gasteiger partial charge >= 0.3 is 0 Å². The second-order valence-corrected chi connectivity index (χ2v) is 7.07. The first-order valence-corrected chi connectivity index (χ1v) is 8.83. The molecule has 3 rings (SSSR count). The Kier molecular flexibility index (Phi) is 5.63. The number of hydrogen-bond donors (Lipinski definition) is 1. The molecule has 2 aromatic rings. The van der Waals surface area contributed by atoms with Crippen LogP contribution in [0.5, 0.6) is 0 Å². The smallest absolute Gasteiger partial charge is 0.275 e. The molecule has 1 fully saturated rings. The minimum atomic E-state index is -0.290. The van der Waals surface area contributed by atoms with Crippen molar-refractivity contribution in [2.75, 3.05) is 20.1 Å². The lowest BCUT2D eigenvalue weighted by Gasteiger charge is -2.15. The summed E-state index contributed by atoms with van der Waals surface area (Å²) in [6, 6.07) is 0. The molecule has 0 radical (unpaired) electrons. The second-order valence-electron chi connectivity index (χ2n) is 7.07. The molecule has 1 aliphatic rings. The first-order valence-electron chi connectivity index (χ1n) is 8.83. The highest BCUT2D eigenvalue weighted by molar-refractivity contribution is 5.91. The van der Waals surface area contributed by atoms with Crippen molar-refractivity contribution in [2.45, 2.75) is 45.4 Å². The van der Waals surface area contributed by atoms with E-state index >= 15 is 0 Å². The number of carbonyl (C=O) groups is 1. The molecule has 8 nitrogen and oxygen atoms in total. The van der Waals surface area contributed by atoms with Crippen molar-refractivity contribution in [3.8, 4) is 0 Å². The van der Waals surface area contributed by atoms with E-state index in [-0.39, 0.29) is 23.6 Å². The Hall–Kier alpha value is -2.32. The number of oxazole rings is 1. The molecule has 26 heavy (non-hydrogen) atoms. The summed E-state index contributed by atoms with van der Waals surface area (Å²) >= 11 is 0. The summed E-state index contributed by atoms with van der Waals surface area (Å²) in [6.45, 7) is 6.39. The predicted molar refractivity (Wildman–Crippen MR) is 94.3 cm³/mol. The molecule has 0 spiro atoms. The van der Waals surface area contributed by atoms with Crippen molar-refractivity contribution in [3.63, 3.8) is 0 Å². The van der Waals surface area contributed by atoms with Gasteiger partial charge in [-0.3, -0.25) is 9.69 Å². The van der Waals surface area contributed by atoms with E-state index in [1.54, 1.807) is 24.3 Å². The van der Waals surface area contributed by atoms with E-state index in [0.717, 1.165) is 24.4 Å². The van der Waals surface area contributed by atoms with Crippen molar-refractivity contribution in [1.29, 1.82) is 0 Å². The Morgan fingerprint density at radius 3 is 2.77 bits per heavy atom. The van der Waals surface area contributed by atoms with Gasteiger partial charge in [-0.1, -0.05) is 13.8 Å². The van der Waals surface area contributed by atoms with Crippen molar-refractivity contribution in [1.82, 2.24) is 24.8 Å². The minimum Gasteiger partial charge on any atom is -0.447 e. The fourth-order valence-corrected chi connectivity index (χ4v) is 2.91. The van der Waals surface area contributed by atoms with Crippen LogP contribution in [0.15, 0.2) is 23.1 Å². The summed E-state index contributed by atoms with van der Waals surface area (Å²) in [6.07, 6.45) is 5.35. The third-order valence-corrected chi connectivity index (χ3v) is 4.39. The van der Waals surface area contributed by atoms with Crippen LogP contribution in [0.4, 0.5) is 0 Å². The molecule has 1 unspecified atom stereocenters. The lowest BCUT2D eigenvalue weighted by Crippen LogP contribution is -2.27. The van der Waals surface area contributed by atoms with Gasteiger partial charge in [0, 0.05) is 50.6 Å². The first kappa shape index (κ1) is 18.5. The molecular weight excluding hydrogens is 334 g/mol. The third-order valence-electron chi connectivity index (χ3n) is 4.39. The number of nitrogens with zero attached hydrogens (tertiary/aromatic N) is 5. The molecule has 0 aliphatic carbocycles. The van der Waals surface area contributed by atoms with Crippen molar-refractivity contribution in [2.24, 2.45) is 0 Å². The molecule has 1 N–H and O–H groups in total. The van der Waals surface area contributed by atoms with E-state index in [0.29, 0.717) is 25.5 Å². The van der Waals surface area contributed by atoms with Crippen LogP contribution in [-0.2, 0) is 13.1 Å². The molecule has 3 heterocycles. The first-order chi connectivity index (χ1) is 12.4. The molecule has 8 heteroatoms. The maximum absolute atomic E-state index is 12.5. The zero-order chi connectivity index (χ0) is 18.7. The maximum atomic E-state index is 12.5. The van der Waals surface area contributed by atoms with E-state index in [9.17, 15) is 9.90 Å². The number of rotatable bonds is 6. The average molecular weight is 359 g/mol. The molecule has 1 saturated heterocycles. The van der Waals surface area contributed by atoms with Crippen LogP contribution in [0.1, 0.15) is 54.0 Å². The van der Waals surface area contributed by atoms with Crippen molar-refractivity contribution < 1.29 is 14.3 Å². The molecule has 0 bridgehead atoms. The summed E-state index contributed by atoms with van der Waals surface area (Å²) in [7, 11) is 1.71. The fourth-order valence-electron chi connectivity index (χ4n) is 2.91. The number of amides is 1. The lowest BCUT2D eigenvalue weighted by atomic mass is 10.2. The normalized spacial score (nSPS) is 17.8. The molecule has 1 amide bonds. The van der Waals surface area contributed by atoms with Gasteiger partial charge in [0.1, 0.15) is 12.1 Å². The summed E-state index contributed by atoms with van der Waals surface area (Å²) in [4.78, 5) is 29.1. The highest BCUT2D eigenvalue weighted by Gasteiger charge is 2.23. The predicted octanol–water partition coefficient (Wildman–Crippen LogP) is 1.43. The van der Waals surface area contributed by atoms with Gasteiger partial charge in [-0.2, -0.15) is 0 Å². The van der Waals surface area contributed by atoms with Crippen LogP contribution in [0, 0.1) is 0 Å². The van der Waals surface area contributed by atoms with Gasteiger partial charge in [0.25, 0.3) is 5.91 Å². The minimum absolute atomic E-state index is 0.214. The van der Waals surface area contributed by atoms with Crippen molar-refractivity contribution in [3.05, 3.63) is 41.6 Å². The van der Waals surface area contributed by atoms with E-state index in [2.05, 4.69) is 19.9 Å². The lowest BCUT2D eigenvalue weighted by molar-refractivity contribution is 0.0779. The van der Waals surface area contributed by atoms with Crippen LogP contribution in [-0.4, -0.2) is 62.0 Å². The monoisotopic (exact) mass is 359 g/mol. The van der Waals surface area contributed by atoms with E-state index in [1.807, 2.05) is 13.8 Å². The second kappa shape index (κ2) is 7.92. The highest BCUT2D eigenvalue weighted by atomic mass is 16.3. The largest absolute Gasteiger partial charge is 0.447 e. The van der Waals surface area contributed by atoms with Gasteiger partial charge in [-0.15, -0.1) is 0 Å². The van der Waals surface area contributed by atoms with Gasteiger partial charge in [0.05, 0.1) is 12.6 Å². The van der Waals surface area contributed by atoms with Gasteiger partial charge < -0.3 is 14.4 Å². The van der Waals surface area contributed by atoms with Crippen molar-refractivity contribution >= 4 is 5.91 Å². The fraction of sp³-hybridized carbons (Fsp3) is 0.556. The van der Waals surface area contributed by atoms with Crippen LogP contribution in [0.3, 0.4) is 0 Å². The zero-order valence-electron chi connectivity index (χ0n) is 15.4. The molecule has 140 valence electrons. The Labute approximate surface area is 152 Å². The third kappa shape index (κ3) is 4.44. The number of β-amino-alcohol motifs (C(OH)–C–C–N with tert-alkyl or cyclic N) is 1. The van der Waals surface area contributed by atoms with Gasteiger partial charge in [-0.05, 0) is 6.42 Å². The molecule has 0 aromatic carbocycles. The summed E-state index contributed by atoms with van der Waals surface area (Å²) < 4.78 is 5.42. The Morgan fingerprint density at radius 1 is 1.42 bits per heavy atom. The number of hydrogen-bond acceptors (Lipinski definition) is 7. The standard InChI is InChI=1S/C18H25N5O3/c1-12(2)17-19-6-13(7-20-17)8-22(3)18(25)15-11-26-16(21-15)10-23-5-4-14(24)9-23/h6-7,11-12,14,24H,4-5,8-10H2,1-3H3. The van der Waals surface area contributed by atoms with E-state index < -0.39 is 0 Å². The maximum Gasteiger partial charge on any atom is 0.275 e. The highest BCUT2D eigenvalue weighted by Crippen LogP contribution is 2.15. The molecule has 0 saturated carbocycles. The topological polar surface area (TPSA) is 95.6 Å². The number of likely N-dealkylation sites (tertiary alicyclic amines) is 1. The molecular formula is C18H25N5O3. The molecule has 2 aromatic heterocycles. The quantitative estimate of drug-likeness (QED) is 0.833. The van der Waals surface area contributed by atoms with Crippen LogP contribution >= 0.6 is 0 Å². The Morgan fingerprint density at radius 2 is 2.15 bits per heavy atom. The SMILES string of the molecule is CC(C)c1ncc(CN(C)C(=O)c2coc(CN3CCC(O)C3)n2)cn1. The van der Waals surface area contributed by atoms with Gasteiger partial charge in [-0.25, -0.2) is 15.0 Å². The van der Waals surface area contributed by atoms with Crippen LogP contribution in [0.2, 0.25) is 0 Å². The van der Waals surface area contributed by atoms with Gasteiger partial charge in [0.2, 0.25) is 5.89 Å². The Bertz CT molecular complexity index is 744. The summed E-state index contributed by atoms with van der Waals surface area (Å²) in [5.41, 5.74) is 1.14. The number of carbonyl (C=O) groups excluding carboxylic acids is 1. The number of aliphatic hydroxyl groups is 1. The number of aliphatic hydroxyl groups excluding tert-OH is 1. The summed E-state index contributed by atoms with van der Waals surface area (Å²) in [5, 5.41) is 9.57.